The first-order valence-corrected chi connectivity index (χ1v) is 11.3. The van der Waals surface area contributed by atoms with E-state index in [0.29, 0.717) is 23.7 Å². The van der Waals surface area contributed by atoms with Crippen molar-refractivity contribution in [2.24, 2.45) is 0 Å². The van der Waals surface area contributed by atoms with E-state index in [1.165, 1.54) is 6.07 Å². The number of hydrogen-bond donors (Lipinski definition) is 2. The molecule has 0 saturated heterocycles. The van der Waals surface area contributed by atoms with Crippen molar-refractivity contribution in [2.45, 2.75) is 17.7 Å². The first-order chi connectivity index (χ1) is 14.0. The zero-order valence-electron chi connectivity index (χ0n) is 15.5. The van der Waals surface area contributed by atoms with Gasteiger partial charge in [0.15, 0.2) is 0 Å². The van der Waals surface area contributed by atoms with Gasteiger partial charge >= 0.3 is 0 Å². The summed E-state index contributed by atoms with van der Waals surface area (Å²) >= 11 is 1.14. The molecule has 0 aliphatic carbocycles. The normalized spacial score (nSPS) is 11.5. The number of carbonyl (C=O) groups excluding carboxylic acids is 1. The number of thiophene rings is 1. The van der Waals surface area contributed by atoms with Crippen LogP contribution in [0, 0.1) is 0 Å². The second-order valence-corrected chi connectivity index (χ2v) is 9.09. The van der Waals surface area contributed by atoms with E-state index in [4.69, 9.17) is 0 Å². The zero-order valence-corrected chi connectivity index (χ0v) is 17.1. The Morgan fingerprint density at radius 1 is 1.07 bits per heavy atom. The topological polar surface area (TPSA) is 93.1 Å². The van der Waals surface area contributed by atoms with Crippen molar-refractivity contribution in [3.05, 3.63) is 71.6 Å². The predicted octanol–water partition coefficient (Wildman–Crippen LogP) is 4.17. The van der Waals surface area contributed by atoms with Crippen LogP contribution >= 0.6 is 11.3 Å². The molecule has 0 radical (unpaired) electrons. The van der Waals surface area contributed by atoms with Gasteiger partial charge in [-0.3, -0.25) is 14.8 Å². The number of imidazole rings is 1. The SMILES string of the molecule is CCn1c(NC(=O)c2ccc(NS(=O)(=O)c3cccs3)cc2)nc2ccccc21. The second kappa shape index (κ2) is 7.69. The van der Waals surface area contributed by atoms with Crippen LogP contribution in [-0.4, -0.2) is 23.9 Å². The third-order valence-corrected chi connectivity index (χ3v) is 7.13. The Morgan fingerprint density at radius 3 is 2.52 bits per heavy atom. The van der Waals surface area contributed by atoms with Gasteiger partial charge in [0.2, 0.25) is 5.95 Å². The molecule has 2 aromatic heterocycles. The molecule has 0 fully saturated rings. The molecule has 2 aromatic carbocycles. The standard InChI is InChI=1S/C20H18N4O3S2/c1-2-24-17-7-4-3-6-16(17)21-20(24)22-19(25)14-9-11-15(12-10-14)23-29(26,27)18-8-5-13-28-18/h3-13,23H,2H2,1H3,(H,21,22,25). The van der Waals surface area contributed by atoms with E-state index in [1.807, 2.05) is 35.8 Å². The molecule has 0 spiro atoms. The van der Waals surface area contributed by atoms with Crippen LogP contribution in [0.3, 0.4) is 0 Å². The van der Waals surface area contributed by atoms with Crippen LogP contribution in [-0.2, 0) is 16.6 Å². The molecule has 0 atom stereocenters. The Kier molecular flexibility index (Phi) is 5.08. The number of benzene rings is 2. The smallest absolute Gasteiger partial charge is 0.271 e. The maximum atomic E-state index is 12.6. The minimum absolute atomic E-state index is 0.234. The van der Waals surface area contributed by atoms with Crippen LogP contribution in [0.1, 0.15) is 17.3 Å². The van der Waals surface area contributed by atoms with Crippen molar-refractivity contribution in [2.75, 3.05) is 10.0 Å². The fourth-order valence-corrected chi connectivity index (χ4v) is 5.03. The van der Waals surface area contributed by atoms with Gasteiger partial charge in [0.05, 0.1) is 11.0 Å². The third-order valence-electron chi connectivity index (χ3n) is 4.36. The molecule has 0 unspecified atom stereocenters. The molecule has 7 nitrogen and oxygen atoms in total. The molecule has 0 saturated carbocycles. The Labute approximate surface area is 172 Å². The van der Waals surface area contributed by atoms with E-state index in [-0.39, 0.29) is 10.1 Å². The van der Waals surface area contributed by atoms with Crippen LogP contribution < -0.4 is 10.0 Å². The minimum atomic E-state index is -3.62. The van der Waals surface area contributed by atoms with Gasteiger partial charge in [-0.25, -0.2) is 13.4 Å². The fraction of sp³-hybridized carbons (Fsp3) is 0.100. The summed E-state index contributed by atoms with van der Waals surface area (Å²) in [5.41, 5.74) is 2.54. The molecule has 148 valence electrons. The van der Waals surface area contributed by atoms with E-state index in [2.05, 4.69) is 15.0 Å². The highest BCUT2D eigenvalue weighted by Crippen LogP contribution is 2.22. The number of para-hydroxylation sites is 2. The number of fused-ring (bicyclic) bond motifs is 1. The number of carbonyl (C=O) groups is 1. The molecule has 29 heavy (non-hydrogen) atoms. The van der Waals surface area contributed by atoms with Crippen LogP contribution in [0.2, 0.25) is 0 Å². The molecule has 0 aliphatic rings. The number of aromatic nitrogens is 2. The lowest BCUT2D eigenvalue weighted by Gasteiger charge is -2.09. The summed E-state index contributed by atoms with van der Waals surface area (Å²) < 4.78 is 29.2. The lowest BCUT2D eigenvalue weighted by atomic mass is 10.2. The summed E-state index contributed by atoms with van der Waals surface area (Å²) in [5, 5.41) is 4.53. The van der Waals surface area contributed by atoms with E-state index >= 15 is 0 Å². The highest BCUT2D eigenvalue weighted by Gasteiger charge is 2.16. The summed E-state index contributed by atoms with van der Waals surface area (Å²) in [4.78, 5) is 17.1. The molecule has 9 heteroatoms. The first-order valence-electron chi connectivity index (χ1n) is 8.91. The molecule has 1 amide bonds. The van der Waals surface area contributed by atoms with Gasteiger partial charge in [-0.1, -0.05) is 18.2 Å². The number of rotatable bonds is 6. The molecular formula is C20H18N4O3S2. The summed E-state index contributed by atoms with van der Waals surface area (Å²) in [6.45, 7) is 2.65. The summed E-state index contributed by atoms with van der Waals surface area (Å²) in [6, 6.07) is 17.1. The average Bonchev–Trinajstić information content (AvgIpc) is 3.36. The predicted molar refractivity (Wildman–Crippen MR) is 115 cm³/mol. The van der Waals surface area contributed by atoms with Gasteiger partial charge in [-0.2, -0.15) is 0 Å². The van der Waals surface area contributed by atoms with Crippen molar-refractivity contribution in [3.8, 4) is 0 Å². The number of nitrogens with zero attached hydrogens (tertiary/aromatic N) is 2. The number of hydrogen-bond acceptors (Lipinski definition) is 5. The minimum Gasteiger partial charge on any atom is -0.310 e. The van der Waals surface area contributed by atoms with Crippen molar-refractivity contribution in [1.29, 1.82) is 0 Å². The zero-order chi connectivity index (χ0) is 20.4. The van der Waals surface area contributed by atoms with E-state index in [1.54, 1.807) is 35.7 Å². The maximum Gasteiger partial charge on any atom is 0.271 e. The van der Waals surface area contributed by atoms with Crippen molar-refractivity contribution < 1.29 is 13.2 Å². The Bertz CT molecular complexity index is 1260. The average molecular weight is 427 g/mol. The van der Waals surface area contributed by atoms with Crippen molar-refractivity contribution in [3.63, 3.8) is 0 Å². The van der Waals surface area contributed by atoms with Gasteiger partial charge in [0.1, 0.15) is 4.21 Å². The third kappa shape index (κ3) is 3.87. The first kappa shape index (κ1) is 19.2. The summed E-state index contributed by atoms with van der Waals surface area (Å²) in [6.07, 6.45) is 0. The highest BCUT2D eigenvalue weighted by atomic mass is 32.2. The summed E-state index contributed by atoms with van der Waals surface area (Å²) in [7, 11) is -3.62. The van der Waals surface area contributed by atoms with Crippen molar-refractivity contribution >= 4 is 49.9 Å². The van der Waals surface area contributed by atoms with Gasteiger partial charge in [0.25, 0.3) is 15.9 Å². The van der Waals surface area contributed by atoms with Crippen LogP contribution in [0.4, 0.5) is 11.6 Å². The van der Waals surface area contributed by atoms with Crippen LogP contribution in [0.5, 0.6) is 0 Å². The van der Waals surface area contributed by atoms with Gasteiger partial charge < -0.3 is 4.57 Å². The van der Waals surface area contributed by atoms with Crippen molar-refractivity contribution in [1.82, 2.24) is 9.55 Å². The highest BCUT2D eigenvalue weighted by molar-refractivity contribution is 7.94. The largest absolute Gasteiger partial charge is 0.310 e. The molecule has 4 rings (SSSR count). The number of aryl methyl sites for hydroxylation is 1. The lowest BCUT2D eigenvalue weighted by molar-refractivity contribution is 0.102. The van der Waals surface area contributed by atoms with Crippen LogP contribution in [0.25, 0.3) is 11.0 Å². The number of sulfonamides is 1. The van der Waals surface area contributed by atoms with Gasteiger partial charge in [-0.15, -0.1) is 11.3 Å². The van der Waals surface area contributed by atoms with E-state index in [0.717, 1.165) is 22.4 Å². The van der Waals surface area contributed by atoms with Crippen LogP contribution in [0.15, 0.2) is 70.3 Å². The van der Waals surface area contributed by atoms with E-state index < -0.39 is 10.0 Å². The number of amides is 1. The lowest BCUT2D eigenvalue weighted by Crippen LogP contribution is -2.16. The second-order valence-electron chi connectivity index (χ2n) is 6.24. The van der Waals surface area contributed by atoms with Gasteiger partial charge in [0, 0.05) is 17.8 Å². The maximum absolute atomic E-state index is 12.6. The number of anilines is 2. The Morgan fingerprint density at radius 2 is 1.83 bits per heavy atom. The molecule has 0 bridgehead atoms. The Balaban J connectivity index is 1.52. The molecular weight excluding hydrogens is 408 g/mol. The summed E-state index contributed by atoms with van der Waals surface area (Å²) in [5.74, 6) is 0.156. The van der Waals surface area contributed by atoms with Gasteiger partial charge in [-0.05, 0) is 54.8 Å². The monoisotopic (exact) mass is 426 g/mol. The fourth-order valence-electron chi connectivity index (χ4n) is 2.98. The molecule has 2 N–H and O–H groups in total. The van der Waals surface area contributed by atoms with E-state index in [9.17, 15) is 13.2 Å². The Hall–Kier alpha value is -3.17. The molecule has 4 aromatic rings. The molecule has 2 heterocycles. The quantitative estimate of drug-likeness (QED) is 0.484. The molecule has 0 aliphatic heterocycles. The number of nitrogens with one attached hydrogen (secondary N) is 2.